The molecule has 0 heterocycles. The van der Waals surface area contributed by atoms with E-state index in [0.717, 1.165) is 33.6 Å². The van der Waals surface area contributed by atoms with Gasteiger partial charge in [0.25, 0.3) is 0 Å². The van der Waals surface area contributed by atoms with Gasteiger partial charge in [0.1, 0.15) is 0 Å². The fourth-order valence-corrected chi connectivity index (χ4v) is 3.15. The number of rotatable bonds is 4. The zero-order chi connectivity index (χ0) is 18.1. The van der Waals surface area contributed by atoms with Crippen LogP contribution < -0.4 is 10.6 Å². The van der Waals surface area contributed by atoms with Gasteiger partial charge in [-0.2, -0.15) is 0 Å². The predicted octanol–water partition coefficient (Wildman–Crippen LogP) is 4.13. The molecule has 2 amide bonds. The Balaban J connectivity index is 1.60. The lowest BCUT2D eigenvalue weighted by Crippen LogP contribution is -2.21. The van der Waals surface area contributed by atoms with Gasteiger partial charge >= 0.3 is 0 Å². The summed E-state index contributed by atoms with van der Waals surface area (Å²) in [5.74, 6) is -0.642. The third-order valence-corrected chi connectivity index (χ3v) is 4.60. The average molecular weight is 336 g/mol. The minimum absolute atomic E-state index is 0.0747. The van der Waals surface area contributed by atoms with Crippen molar-refractivity contribution in [1.82, 2.24) is 0 Å². The van der Waals surface area contributed by atoms with E-state index in [9.17, 15) is 9.59 Å². The summed E-state index contributed by atoms with van der Waals surface area (Å²) < 4.78 is 0. The fraction of sp³-hybridized carbons (Fsp3) is 0.333. The quantitative estimate of drug-likeness (QED) is 0.882. The highest BCUT2D eigenvalue weighted by Gasteiger charge is 2.48. The van der Waals surface area contributed by atoms with E-state index in [2.05, 4.69) is 16.7 Å². The predicted molar refractivity (Wildman–Crippen MR) is 101 cm³/mol. The first-order valence-corrected chi connectivity index (χ1v) is 8.61. The van der Waals surface area contributed by atoms with Crippen LogP contribution in [0.3, 0.4) is 0 Å². The van der Waals surface area contributed by atoms with E-state index in [1.54, 1.807) is 0 Å². The lowest BCUT2D eigenvalue weighted by molar-refractivity contribution is -0.122. The molecule has 3 rings (SSSR count). The summed E-state index contributed by atoms with van der Waals surface area (Å²) in [5, 5.41) is 5.90. The van der Waals surface area contributed by atoms with Crippen LogP contribution in [0.25, 0.3) is 0 Å². The summed E-state index contributed by atoms with van der Waals surface area (Å²) >= 11 is 0. The van der Waals surface area contributed by atoms with Crippen LogP contribution in [0.2, 0.25) is 0 Å². The molecule has 4 heteroatoms. The molecule has 1 saturated carbocycles. The summed E-state index contributed by atoms with van der Waals surface area (Å²) in [6.45, 7) is 7.96. The number of carbonyl (C=O) groups is 2. The van der Waals surface area contributed by atoms with Crippen molar-refractivity contribution in [3.05, 3.63) is 58.7 Å². The standard InChI is InChI=1S/C21H24N2O2/c1-12-5-6-15(4)19(10-12)23-21(25)18-11-17(18)20(24)22-16-8-13(2)7-14(3)9-16/h5-10,17-18H,11H2,1-4H3,(H,22,24)(H,23,25). The molecule has 4 nitrogen and oxygen atoms in total. The summed E-state index contributed by atoms with van der Waals surface area (Å²) in [6, 6.07) is 11.9. The normalized spacial score (nSPS) is 18.6. The van der Waals surface area contributed by atoms with E-state index >= 15 is 0 Å². The van der Waals surface area contributed by atoms with Crippen LogP contribution in [0.5, 0.6) is 0 Å². The number of benzene rings is 2. The van der Waals surface area contributed by atoms with Crippen LogP contribution in [0.1, 0.15) is 28.7 Å². The topological polar surface area (TPSA) is 58.2 Å². The van der Waals surface area contributed by atoms with Gasteiger partial charge in [-0.15, -0.1) is 0 Å². The minimum Gasteiger partial charge on any atom is -0.326 e. The largest absolute Gasteiger partial charge is 0.326 e. The van der Waals surface area contributed by atoms with Gasteiger partial charge < -0.3 is 10.6 Å². The van der Waals surface area contributed by atoms with Crippen molar-refractivity contribution in [2.24, 2.45) is 11.8 Å². The Morgan fingerprint density at radius 1 is 0.800 bits per heavy atom. The molecule has 25 heavy (non-hydrogen) atoms. The highest BCUT2D eigenvalue weighted by molar-refractivity contribution is 6.03. The molecule has 2 atom stereocenters. The number of hydrogen-bond donors (Lipinski definition) is 2. The SMILES string of the molecule is Cc1cc(C)cc(NC(=O)C2CC2C(=O)Nc2cc(C)ccc2C)c1. The number of hydrogen-bond acceptors (Lipinski definition) is 2. The molecule has 1 aliphatic rings. The molecule has 0 bridgehead atoms. The van der Waals surface area contributed by atoms with Crippen LogP contribution in [0.4, 0.5) is 11.4 Å². The van der Waals surface area contributed by atoms with Gasteiger partial charge in [-0.1, -0.05) is 18.2 Å². The second-order valence-electron chi connectivity index (χ2n) is 7.12. The van der Waals surface area contributed by atoms with Crippen LogP contribution in [-0.2, 0) is 9.59 Å². The first-order valence-electron chi connectivity index (χ1n) is 8.61. The Hall–Kier alpha value is -2.62. The molecule has 2 aromatic rings. The Kier molecular flexibility index (Phi) is 4.62. The van der Waals surface area contributed by atoms with E-state index in [1.807, 2.05) is 58.0 Å². The summed E-state index contributed by atoms with van der Waals surface area (Å²) in [5.41, 5.74) is 5.95. The van der Waals surface area contributed by atoms with Crippen molar-refractivity contribution in [3.63, 3.8) is 0 Å². The Bertz CT molecular complexity index is 822. The van der Waals surface area contributed by atoms with Crippen LogP contribution >= 0.6 is 0 Å². The molecule has 0 aliphatic heterocycles. The van der Waals surface area contributed by atoms with Gasteiger partial charge in [0.15, 0.2) is 0 Å². The van der Waals surface area contributed by atoms with E-state index in [4.69, 9.17) is 0 Å². The zero-order valence-corrected chi connectivity index (χ0v) is 15.1. The van der Waals surface area contributed by atoms with Gasteiger partial charge in [0.2, 0.25) is 11.8 Å². The lowest BCUT2D eigenvalue weighted by atomic mass is 10.1. The van der Waals surface area contributed by atoms with Gasteiger partial charge in [-0.25, -0.2) is 0 Å². The number of carbonyl (C=O) groups excluding carboxylic acids is 2. The van der Waals surface area contributed by atoms with E-state index in [0.29, 0.717) is 6.42 Å². The molecule has 1 aliphatic carbocycles. The number of nitrogens with one attached hydrogen (secondary N) is 2. The van der Waals surface area contributed by atoms with Crippen molar-refractivity contribution in [1.29, 1.82) is 0 Å². The third-order valence-electron chi connectivity index (χ3n) is 4.60. The Morgan fingerprint density at radius 2 is 1.40 bits per heavy atom. The van der Waals surface area contributed by atoms with Crippen LogP contribution in [0, 0.1) is 39.5 Å². The minimum atomic E-state index is -0.245. The fourth-order valence-electron chi connectivity index (χ4n) is 3.15. The average Bonchev–Trinajstić information content (AvgIpc) is 3.30. The highest BCUT2D eigenvalue weighted by atomic mass is 16.2. The molecule has 1 fully saturated rings. The van der Waals surface area contributed by atoms with Crippen molar-refractivity contribution in [2.45, 2.75) is 34.1 Å². The lowest BCUT2D eigenvalue weighted by Gasteiger charge is -2.10. The monoisotopic (exact) mass is 336 g/mol. The maximum atomic E-state index is 12.4. The molecular formula is C21H24N2O2. The van der Waals surface area contributed by atoms with E-state index in [-0.39, 0.29) is 23.7 Å². The molecule has 2 unspecified atom stereocenters. The zero-order valence-electron chi connectivity index (χ0n) is 15.1. The summed E-state index contributed by atoms with van der Waals surface area (Å²) in [4.78, 5) is 24.8. The smallest absolute Gasteiger partial charge is 0.228 e. The molecule has 2 N–H and O–H groups in total. The van der Waals surface area contributed by atoms with Crippen LogP contribution in [0.15, 0.2) is 36.4 Å². The first-order chi connectivity index (χ1) is 11.8. The second kappa shape index (κ2) is 6.71. The van der Waals surface area contributed by atoms with Gasteiger partial charge in [-0.3, -0.25) is 9.59 Å². The Morgan fingerprint density at radius 3 is 2.04 bits per heavy atom. The Labute approximate surface area is 148 Å². The maximum absolute atomic E-state index is 12.4. The molecular weight excluding hydrogens is 312 g/mol. The highest BCUT2D eigenvalue weighted by Crippen LogP contribution is 2.40. The number of aryl methyl sites for hydroxylation is 4. The number of amides is 2. The van der Waals surface area contributed by atoms with Crippen molar-refractivity contribution < 1.29 is 9.59 Å². The summed E-state index contributed by atoms with van der Waals surface area (Å²) in [6.07, 6.45) is 0.604. The van der Waals surface area contributed by atoms with Crippen molar-refractivity contribution in [2.75, 3.05) is 10.6 Å². The molecule has 0 radical (unpaired) electrons. The maximum Gasteiger partial charge on any atom is 0.228 e. The second-order valence-corrected chi connectivity index (χ2v) is 7.12. The van der Waals surface area contributed by atoms with Crippen molar-refractivity contribution >= 4 is 23.2 Å². The summed E-state index contributed by atoms with van der Waals surface area (Å²) in [7, 11) is 0. The first kappa shape index (κ1) is 17.2. The molecule has 0 saturated heterocycles. The molecule has 0 aromatic heterocycles. The molecule has 2 aromatic carbocycles. The van der Waals surface area contributed by atoms with E-state index in [1.165, 1.54) is 0 Å². The van der Waals surface area contributed by atoms with Gasteiger partial charge in [-0.05, 0) is 74.6 Å². The third kappa shape index (κ3) is 4.08. The molecule has 0 spiro atoms. The van der Waals surface area contributed by atoms with E-state index < -0.39 is 0 Å². The molecule has 130 valence electrons. The van der Waals surface area contributed by atoms with Crippen LogP contribution in [-0.4, -0.2) is 11.8 Å². The van der Waals surface area contributed by atoms with Gasteiger partial charge in [0, 0.05) is 11.4 Å². The van der Waals surface area contributed by atoms with Crippen molar-refractivity contribution in [3.8, 4) is 0 Å². The van der Waals surface area contributed by atoms with Gasteiger partial charge in [0.05, 0.1) is 11.8 Å². The number of anilines is 2.